The van der Waals surface area contributed by atoms with E-state index >= 15 is 0 Å². The Morgan fingerprint density at radius 3 is 1.67 bits per heavy atom. The first-order valence-electron chi connectivity index (χ1n) is 7.84. The zero-order valence-corrected chi connectivity index (χ0v) is 15.7. The Morgan fingerprint density at radius 1 is 0.704 bits per heavy atom. The van der Waals surface area contributed by atoms with Crippen LogP contribution in [0.2, 0.25) is 0 Å². The summed E-state index contributed by atoms with van der Waals surface area (Å²) in [5.74, 6) is 0. The number of imidazole rings is 2. The van der Waals surface area contributed by atoms with Crippen LogP contribution in [-0.2, 0) is 0 Å². The minimum atomic E-state index is -0.226. The predicted octanol–water partition coefficient (Wildman–Crippen LogP) is 3.49. The molecule has 8 nitrogen and oxygen atoms in total. The number of aromatic nitrogens is 6. The summed E-state index contributed by atoms with van der Waals surface area (Å²) in [4.78, 5) is 36.4. The molecule has 132 valence electrons. The summed E-state index contributed by atoms with van der Waals surface area (Å²) in [7, 11) is 0. The first kappa shape index (κ1) is 15.1. The van der Waals surface area contributed by atoms with E-state index in [1.807, 2.05) is 22.9 Å². The molecule has 27 heavy (non-hydrogen) atoms. The van der Waals surface area contributed by atoms with Crippen LogP contribution >= 0.6 is 34.4 Å². The first-order valence-corrected chi connectivity index (χ1v) is 10.3. The topological polar surface area (TPSA) is 123 Å². The lowest BCUT2D eigenvalue weighted by atomic mass is 10.1. The molecule has 4 N–H and O–H groups in total. The SMILES string of the molecule is O=c1[nH]c2csc(-c3ccc(-c4scc5[nH]c(=O)[nH]c45)c4nsnc34)c2[nH]1. The molecule has 0 radical (unpaired) electrons. The second kappa shape index (κ2) is 5.25. The van der Waals surface area contributed by atoms with Crippen LogP contribution in [0, 0.1) is 0 Å². The first-order chi connectivity index (χ1) is 13.2. The molecule has 6 aromatic rings. The van der Waals surface area contributed by atoms with Gasteiger partial charge >= 0.3 is 11.4 Å². The Kier molecular flexibility index (Phi) is 2.93. The standard InChI is InChI=1S/C16H8N6O2S3/c23-15-17-7-3-25-13(11(7)19-15)5-1-2-6(10-9(5)21-27-22-10)14-12-8(4-26-14)18-16(24)20-12/h1-4H,(H2,17,19,23)(H2,18,20,24). The van der Waals surface area contributed by atoms with Crippen LogP contribution in [-0.4, -0.2) is 28.7 Å². The van der Waals surface area contributed by atoms with E-state index in [0.29, 0.717) is 0 Å². The number of aromatic amines is 4. The van der Waals surface area contributed by atoms with Crippen molar-refractivity contribution in [2.75, 3.05) is 0 Å². The van der Waals surface area contributed by atoms with Crippen LogP contribution in [0.5, 0.6) is 0 Å². The largest absolute Gasteiger partial charge is 0.323 e. The van der Waals surface area contributed by atoms with Crippen molar-refractivity contribution in [3.05, 3.63) is 43.9 Å². The highest BCUT2D eigenvalue weighted by molar-refractivity contribution is 7.16. The molecule has 1 aromatic carbocycles. The maximum atomic E-state index is 11.6. The van der Waals surface area contributed by atoms with Gasteiger partial charge in [0, 0.05) is 21.9 Å². The normalized spacial score (nSPS) is 12.0. The molecule has 0 aliphatic carbocycles. The molecule has 0 amide bonds. The van der Waals surface area contributed by atoms with Gasteiger partial charge in [-0.05, 0) is 0 Å². The number of nitrogens with one attached hydrogen (secondary N) is 4. The highest BCUT2D eigenvalue weighted by Crippen LogP contribution is 2.41. The van der Waals surface area contributed by atoms with Crippen molar-refractivity contribution in [3.8, 4) is 20.9 Å². The van der Waals surface area contributed by atoms with E-state index in [0.717, 1.165) is 65.7 Å². The van der Waals surface area contributed by atoms with E-state index < -0.39 is 0 Å². The summed E-state index contributed by atoms with van der Waals surface area (Å²) in [6, 6.07) is 3.98. The molecular weight excluding hydrogens is 404 g/mol. The third kappa shape index (κ3) is 2.07. The molecule has 0 aliphatic rings. The number of fused-ring (bicyclic) bond motifs is 3. The Bertz CT molecular complexity index is 1470. The third-order valence-electron chi connectivity index (χ3n) is 4.46. The number of thiophene rings is 2. The van der Waals surface area contributed by atoms with Crippen molar-refractivity contribution in [2.45, 2.75) is 0 Å². The molecule has 11 heteroatoms. The van der Waals surface area contributed by atoms with Crippen molar-refractivity contribution < 1.29 is 0 Å². The number of H-pyrrole nitrogens is 4. The van der Waals surface area contributed by atoms with Gasteiger partial charge in [0.25, 0.3) is 0 Å². The monoisotopic (exact) mass is 412 g/mol. The molecule has 0 fully saturated rings. The molecule has 0 bridgehead atoms. The molecule has 0 saturated carbocycles. The number of benzene rings is 1. The van der Waals surface area contributed by atoms with E-state index in [9.17, 15) is 9.59 Å². The Balaban J connectivity index is 1.64. The number of nitrogens with zero attached hydrogens (tertiary/aromatic N) is 2. The lowest BCUT2D eigenvalue weighted by molar-refractivity contribution is 1.21. The van der Waals surface area contributed by atoms with Crippen molar-refractivity contribution in [2.24, 2.45) is 0 Å². The second-order valence-corrected chi connectivity index (χ2v) is 8.28. The quantitative estimate of drug-likeness (QED) is 0.348. The molecule has 5 aromatic heterocycles. The van der Waals surface area contributed by atoms with Gasteiger partial charge in [0.1, 0.15) is 11.0 Å². The van der Waals surface area contributed by atoms with E-state index in [-0.39, 0.29) is 11.4 Å². The maximum Gasteiger partial charge on any atom is 0.323 e. The van der Waals surface area contributed by atoms with Crippen molar-refractivity contribution in [1.82, 2.24) is 28.7 Å². The fraction of sp³-hybridized carbons (Fsp3) is 0. The molecule has 5 heterocycles. The minimum absolute atomic E-state index is 0.226. The van der Waals surface area contributed by atoms with Crippen LogP contribution in [0.25, 0.3) is 54.0 Å². The summed E-state index contributed by atoms with van der Waals surface area (Å²) in [6.45, 7) is 0. The summed E-state index contributed by atoms with van der Waals surface area (Å²) in [5.41, 5.74) is 6.08. The van der Waals surface area contributed by atoms with Gasteiger partial charge in [0.15, 0.2) is 0 Å². The highest BCUT2D eigenvalue weighted by atomic mass is 32.1. The zero-order valence-electron chi connectivity index (χ0n) is 13.2. The van der Waals surface area contributed by atoms with Gasteiger partial charge in [-0.1, -0.05) is 12.1 Å². The number of rotatable bonds is 2. The van der Waals surface area contributed by atoms with Crippen LogP contribution in [0.15, 0.2) is 32.5 Å². The fourth-order valence-electron chi connectivity index (χ4n) is 3.31. The van der Waals surface area contributed by atoms with Gasteiger partial charge in [-0.2, -0.15) is 8.75 Å². The van der Waals surface area contributed by atoms with Crippen LogP contribution < -0.4 is 11.4 Å². The van der Waals surface area contributed by atoms with E-state index in [1.54, 1.807) is 22.7 Å². The summed E-state index contributed by atoms with van der Waals surface area (Å²) in [6.07, 6.45) is 0. The van der Waals surface area contributed by atoms with Gasteiger partial charge in [-0.3, -0.25) is 0 Å². The summed E-state index contributed by atoms with van der Waals surface area (Å²) in [5, 5.41) is 3.82. The molecule has 6 rings (SSSR count). The maximum absolute atomic E-state index is 11.6. The van der Waals surface area contributed by atoms with Crippen molar-refractivity contribution in [3.63, 3.8) is 0 Å². The van der Waals surface area contributed by atoms with Gasteiger partial charge in [0.05, 0.1) is 43.5 Å². The predicted molar refractivity (Wildman–Crippen MR) is 109 cm³/mol. The lowest BCUT2D eigenvalue weighted by Crippen LogP contribution is -1.99. The van der Waals surface area contributed by atoms with Crippen molar-refractivity contribution in [1.29, 1.82) is 0 Å². The third-order valence-corrected chi connectivity index (χ3v) is 7.02. The molecule has 0 unspecified atom stereocenters. The Labute approximate surface area is 160 Å². The zero-order chi connectivity index (χ0) is 18.1. The number of hydrogen-bond acceptors (Lipinski definition) is 7. The lowest BCUT2D eigenvalue weighted by Gasteiger charge is -2.04. The minimum Gasteiger partial charge on any atom is -0.305 e. The Hall–Kier alpha value is -3.02. The van der Waals surface area contributed by atoms with Gasteiger partial charge < -0.3 is 19.9 Å². The summed E-state index contributed by atoms with van der Waals surface area (Å²) >= 11 is 4.24. The Morgan fingerprint density at radius 2 is 1.19 bits per heavy atom. The molecule has 0 aliphatic heterocycles. The van der Waals surface area contributed by atoms with E-state index in [4.69, 9.17) is 0 Å². The van der Waals surface area contributed by atoms with Crippen LogP contribution in [0.4, 0.5) is 0 Å². The molecule has 0 atom stereocenters. The average Bonchev–Trinajstić information content (AvgIpc) is 3.40. The van der Waals surface area contributed by atoms with Crippen LogP contribution in [0.1, 0.15) is 0 Å². The van der Waals surface area contributed by atoms with Crippen LogP contribution in [0.3, 0.4) is 0 Å². The van der Waals surface area contributed by atoms with Gasteiger partial charge in [-0.15, -0.1) is 22.7 Å². The number of hydrogen-bond donors (Lipinski definition) is 4. The van der Waals surface area contributed by atoms with E-state index in [1.165, 1.54) is 0 Å². The summed E-state index contributed by atoms with van der Waals surface area (Å²) < 4.78 is 9.01. The second-order valence-electron chi connectivity index (χ2n) is 5.99. The van der Waals surface area contributed by atoms with Crippen molar-refractivity contribution >= 4 is 67.5 Å². The molecule has 0 saturated heterocycles. The highest BCUT2D eigenvalue weighted by Gasteiger charge is 2.19. The smallest absolute Gasteiger partial charge is 0.305 e. The fourth-order valence-corrected chi connectivity index (χ4v) is 5.85. The average molecular weight is 412 g/mol. The molecular formula is C16H8N6O2S3. The van der Waals surface area contributed by atoms with Gasteiger partial charge in [0.2, 0.25) is 0 Å². The van der Waals surface area contributed by atoms with E-state index in [2.05, 4.69) is 28.7 Å². The van der Waals surface area contributed by atoms with Gasteiger partial charge in [-0.25, -0.2) is 9.59 Å². The molecule has 0 spiro atoms.